The number of amides is 1. The summed E-state index contributed by atoms with van der Waals surface area (Å²) < 4.78 is 17.3. The first-order valence-electron chi connectivity index (χ1n) is 20.1. The first-order valence-corrected chi connectivity index (χ1v) is 20.1. The second kappa shape index (κ2) is 23.8. The Hall–Kier alpha value is -2.88. The largest absolute Gasteiger partial charge is 0.446 e. The average molecular weight is 744 g/mol. The highest BCUT2D eigenvalue weighted by atomic mass is 16.7. The predicted octanol–water partition coefficient (Wildman–Crippen LogP) is 10.7. The van der Waals surface area contributed by atoms with Crippen LogP contribution < -0.4 is 4.74 Å². The number of rotatable bonds is 13. The van der Waals surface area contributed by atoms with Crippen molar-refractivity contribution in [3.63, 3.8) is 0 Å². The summed E-state index contributed by atoms with van der Waals surface area (Å²) in [7, 11) is 0. The number of piperidine rings is 1. The van der Waals surface area contributed by atoms with E-state index in [1.165, 1.54) is 42.4 Å². The van der Waals surface area contributed by atoms with Crippen LogP contribution >= 0.6 is 0 Å². The fourth-order valence-electron chi connectivity index (χ4n) is 6.79. The maximum absolute atomic E-state index is 12.0. The van der Waals surface area contributed by atoms with Gasteiger partial charge in [-0.3, -0.25) is 5.10 Å². The van der Waals surface area contributed by atoms with Crippen LogP contribution in [0.2, 0.25) is 0 Å². The minimum atomic E-state index is -0.630. The van der Waals surface area contributed by atoms with E-state index in [0.29, 0.717) is 30.6 Å². The van der Waals surface area contributed by atoms with Gasteiger partial charge in [0, 0.05) is 43.6 Å². The fraction of sp³-hybridized carbons (Fsp3) is 0.727. The maximum atomic E-state index is 12.0. The third-order valence-electron chi connectivity index (χ3n) is 10.0. The lowest BCUT2D eigenvalue weighted by molar-refractivity contribution is -0.186. The molecule has 1 aromatic carbocycles. The summed E-state index contributed by atoms with van der Waals surface area (Å²) in [5, 5.41) is 27.1. The number of likely N-dealkylation sites (tertiary alicyclic amines) is 1. The summed E-state index contributed by atoms with van der Waals surface area (Å²) >= 11 is 0. The topological polar surface area (TPSA) is 117 Å². The van der Waals surface area contributed by atoms with Gasteiger partial charge in [-0.25, -0.2) is 4.79 Å². The standard InChI is InChI=1S/C25H36N2O4.C16H31NO2.C2H6.CH4/c1-5-6-7-8-18-9-10-19(17(4)11-18)12-22-24(16(2)3)26-27-25(22)31-23-14-20(29)13-21(15-28)30-23;1-6-8-9-16(7-2)10-12-17(13-11-16)14(18)19-15(3,4)5;1-2;/h7-11,16,20-21,23,28-29H,5-6,12-15H2,1-4H3,(H,26,27);6-13H2,1-5H3;1-2H3;1H4/b8-7+;;;. The number of hydrogen-bond acceptors (Lipinski definition) is 7. The number of H-pyrrole nitrogens is 1. The van der Waals surface area contributed by atoms with Gasteiger partial charge in [0.15, 0.2) is 0 Å². The van der Waals surface area contributed by atoms with Crippen LogP contribution in [0, 0.1) is 12.3 Å². The minimum Gasteiger partial charge on any atom is -0.446 e. The van der Waals surface area contributed by atoms with E-state index in [0.717, 1.165) is 50.0 Å². The Morgan fingerprint density at radius 2 is 1.81 bits per heavy atom. The Bertz CT molecular complexity index is 1340. The molecule has 1 amide bonds. The molecule has 9 heteroatoms. The quantitative estimate of drug-likeness (QED) is 0.187. The Balaban J connectivity index is 0.000000551. The normalized spacial score (nSPS) is 19.8. The molecule has 0 aliphatic carbocycles. The number of unbranched alkanes of at least 4 members (excludes halogenated alkanes) is 2. The van der Waals surface area contributed by atoms with Gasteiger partial charge in [-0.1, -0.05) is 112 Å². The van der Waals surface area contributed by atoms with Crippen LogP contribution in [0.25, 0.3) is 6.08 Å². The number of carbonyl (C=O) groups excluding carboxylic acids is 1. The van der Waals surface area contributed by atoms with Crippen molar-refractivity contribution in [1.82, 2.24) is 15.1 Å². The molecular weight excluding hydrogens is 666 g/mol. The van der Waals surface area contributed by atoms with Crippen molar-refractivity contribution in [1.29, 1.82) is 0 Å². The number of ether oxygens (including phenoxy) is 3. The Labute approximate surface area is 323 Å². The van der Waals surface area contributed by atoms with Gasteiger partial charge in [0.1, 0.15) is 5.60 Å². The Morgan fingerprint density at radius 3 is 2.36 bits per heavy atom. The highest BCUT2D eigenvalue weighted by Crippen LogP contribution is 2.40. The van der Waals surface area contributed by atoms with Gasteiger partial charge < -0.3 is 29.3 Å². The van der Waals surface area contributed by atoms with Gasteiger partial charge in [-0.15, -0.1) is 5.10 Å². The van der Waals surface area contributed by atoms with Crippen molar-refractivity contribution in [3.05, 3.63) is 52.2 Å². The van der Waals surface area contributed by atoms with E-state index < -0.39 is 24.1 Å². The van der Waals surface area contributed by atoms with Gasteiger partial charge in [0.25, 0.3) is 0 Å². The second-order valence-corrected chi connectivity index (χ2v) is 15.7. The molecule has 53 heavy (non-hydrogen) atoms. The number of aliphatic hydroxyl groups is 2. The summed E-state index contributed by atoms with van der Waals surface area (Å²) in [6.45, 7) is 24.4. The lowest BCUT2D eigenvalue weighted by atomic mass is 9.73. The zero-order valence-corrected chi connectivity index (χ0v) is 34.5. The number of aromatic amines is 1. The van der Waals surface area contributed by atoms with Crippen molar-refractivity contribution >= 4 is 12.2 Å². The van der Waals surface area contributed by atoms with E-state index in [-0.39, 0.29) is 26.0 Å². The molecule has 2 aliphatic heterocycles. The van der Waals surface area contributed by atoms with Crippen LogP contribution in [0.1, 0.15) is 175 Å². The molecule has 2 aromatic rings. The molecule has 3 heterocycles. The van der Waals surface area contributed by atoms with E-state index in [9.17, 15) is 15.0 Å². The molecule has 0 radical (unpaired) electrons. The van der Waals surface area contributed by atoms with E-state index >= 15 is 0 Å². The smallest absolute Gasteiger partial charge is 0.410 e. The van der Waals surface area contributed by atoms with Crippen LogP contribution in [0.5, 0.6) is 5.88 Å². The summed E-state index contributed by atoms with van der Waals surface area (Å²) in [6.07, 6.45) is 13.7. The Kier molecular flexibility index (Phi) is 21.6. The van der Waals surface area contributed by atoms with Crippen molar-refractivity contribution < 1.29 is 29.2 Å². The molecule has 3 atom stereocenters. The zero-order chi connectivity index (χ0) is 38.9. The number of aryl methyl sites for hydroxylation is 1. The number of allylic oxidation sites excluding steroid dienone is 1. The molecule has 0 spiro atoms. The number of aliphatic hydroxyl groups excluding tert-OH is 2. The van der Waals surface area contributed by atoms with Crippen LogP contribution in [-0.2, 0) is 15.9 Å². The molecule has 9 nitrogen and oxygen atoms in total. The van der Waals surface area contributed by atoms with Crippen LogP contribution in [-0.4, -0.2) is 75.2 Å². The molecule has 3 unspecified atom stereocenters. The number of aromatic nitrogens is 2. The maximum Gasteiger partial charge on any atom is 0.410 e. The highest BCUT2D eigenvalue weighted by molar-refractivity contribution is 5.68. The average Bonchev–Trinajstić information content (AvgIpc) is 3.50. The first kappa shape index (κ1) is 48.1. The van der Waals surface area contributed by atoms with E-state index in [4.69, 9.17) is 14.2 Å². The summed E-state index contributed by atoms with van der Waals surface area (Å²) in [4.78, 5) is 13.9. The van der Waals surface area contributed by atoms with Crippen molar-refractivity contribution in [2.45, 2.75) is 184 Å². The van der Waals surface area contributed by atoms with Crippen molar-refractivity contribution in [2.24, 2.45) is 5.41 Å². The lowest BCUT2D eigenvalue weighted by Crippen LogP contribution is -2.45. The molecule has 4 rings (SSSR count). The van der Waals surface area contributed by atoms with Crippen molar-refractivity contribution in [2.75, 3.05) is 19.7 Å². The van der Waals surface area contributed by atoms with E-state index in [2.05, 4.69) is 82.1 Å². The fourth-order valence-corrected chi connectivity index (χ4v) is 6.79. The summed E-state index contributed by atoms with van der Waals surface area (Å²) in [5.74, 6) is 0.769. The monoisotopic (exact) mass is 744 g/mol. The molecule has 304 valence electrons. The second-order valence-electron chi connectivity index (χ2n) is 15.7. The Morgan fingerprint density at radius 1 is 1.13 bits per heavy atom. The van der Waals surface area contributed by atoms with Gasteiger partial charge in [-0.05, 0) is 81.4 Å². The van der Waals surface area contributed by atoms with E-state index in [1.54, 1.807) is 0 Å². The zero-order valence-electron chi connectivity index (χ0n) is 34.5. The molecule has 0 bridgehead atoms. The number of nitrogens with zero attached hydrogens (tertiary/aromatic N) is 2. The van der Waals surface area contributed by atoms with Crippen LogP contribution in [0.15, 0.2) is 24.3 Å². The number of benzene rings is 1. The first-order chi connectivity index (χ1) is 24.7. The number of hydrogen-bond donors (Lipinski definition) is 3. The van der Waals surface area contributed by atoms with E-state index in [1.807, 2.05) is 39.5 Å². The number of nitrogens with one attached hydrogen (secondary N) is 1. The summed E-state index contributed by atoms with van der Waals surface area (Å²) in [5.41, 5.74) is 5.78. The lowest BCUT2D eigenvalue weighted by Gasteiger charge is -2.41. The molecule has 2 saturated heterocycles. The molecule has 1 aromatic heterocycles. The van der Waals surface area contributed by atoms with Gasteiger partial charge in [0.2, 0.25) is 12.2 Å². The third kappa shape index (κ3) is 15.8. The highest BCUT2D eigenvalue weighted by Gasteiger charge is 2.35. The summed E-state index contributed by atoms with van der Waals surface area (Å²) in [6, 6.07) is 6.53. The molecule has 0 saturated carbocycles. The minimum absolute atomic E-state index is 0. The van der Waals surface area contributed by atoms with Crippen LogP contribution in [0.4, 0.5) is 4.79 Å². The predicted molar refractivity (Wildman–Crippen MR) is 220 cm³/mol. The van der Waals surface area contributed by atoms with Crippen molar-refractivity contribution in [3.8, 4) is 5.88 Å². The molecule has 2 fully saturated rings. The van der Waals surface area contributed by atoms with Crippen LogP contribution in [0.3, 0.4) is 0 Å². The van der Waals surface area contributed by atoms with Gasteiger partial charge in [-0.2, -0.15) is 0 Å². The van der Waals surface area contributed by atoms with Gasteiger partial charge in [0.05, 0.1) is 18.8 Å². The van der Waals surface area contributed by atoms with Gasteiger partial charge >= 0.3 is 6.09 Å². The SMILES string of the molecule is C.CC.CCC/C=C/c1ccc(Cc2c(OC3CC(O)CC(CO)O3)n[nH]c2C(C)C)c(C)c1.CCCCC1(CC)CCN(C(=O)OC(C)(C)C)CC1. The molecular formula is C44H77N3O6. The molecule has 3 N–H and O–H groups in total. The number of carbonyl (C=O) groups is 1. The third-order valence-corrected chi connectivity index (χ3v) is 10.0. The molecule has 2 aliphatic rings.